The molecular formula is C14H23N3O4. The van der Waals surface area contributed by atoms with Crippen LogP contribution in [0, 0.1) is 5.92 Å². The number of nitrogens with one attached hydrogen (secondary N) is 2. The molecule has 1 saturated heterocycles. The van der Waals surface area contributed by atoms with Crippen LogP contribution in [0.3, 0.4) is 0 Å². The molecule has 0 radical (unpaired) electrons. The van der Waals surface area contributed by atoms with Crippen molar-refractivity contribution in [3.8, 4) is 0 Å². The second kappa shape index (κ2) is 6.89. The summed E-state index contributed by atoms with van der Waals surface area (Å²) >= 11 is 0. The Kier molecular flexibility index (Phi) is 5.17. The summed E-state index contributed by atoms with van der Waals surface area (Å²) in [6, 6.07) is -0.759. The fraction of sp³-hybridized carbons (Fsp3) is 0.786. The molecule has 3 atom stereocenters. The number of rotatable bonds is 4. The van der Waals surface area contributed by atoms with Crippen molar-refractivity contribution in [2.75, 3.05) is 13.6 Å². The van der Waals surface area contributed by atoms with E-state index >= 15 is 0 Å². The van der Waals surface area contributed by atoms with E-state index in [1.807, 2.05) is 4.90 Å². The van der Waals surface area contributed by atoms with Gasteiger partial charge in [0.2, 0.25) is 5.91 Å². The van der Waals surface area contributed by atoms with Gasteiger partial charge in [-0.2, -0.15) is 0 Å². The van der Waals surface area contributed by atoms with Crippen LogP contribution >= 0.6 is 0 Å². The second-order valence-electron chi connectivity index (χ2n) is 5.82. The summed E-state index contributed by atoms with van der Waals surface area (Å²) in [4.78, 5) is 36.1. The van der Waals surface area contributed by atoms with Crippen LogP contribution in [0.5, 0.6) is 0 Å². The van der Waals surface area contributed by atoms with Crippen LogP contribution < -0.4 is 10.6 Å². The number of carboxylic acid groups (broad SMARTS) is 1. The Morgan fingerprint density at radius 1 is 1.24 bits per heavy atom. The summed E-state index contributed by atoms with van der Waals surface area (Å²) in [7, 11) is 1.44. The van der Waals surface area contributed by atoms with Crippen molar-refractivity contribution in [1.82, 2.24) is 15.5 Å². The van der Waals surface area contributed by atoms with Gasteiger partial charge in [0.1, 0.15) is 6.04 Å². The van der Waals surface area contributed by atoms with E-state index in [9.17, 15) is 19.5 Å². The Morgan fingerprint density at radius 2 is 1.95 bits per heavy atom. The largest absolute Gasteiger partial charge is 0.480 e. The smallest absolute Gasteiger partial charge is 0.321 e. The lowest BCUT2D eigenvalue weighted by atomic mass is 9.85. The first-order chi connectivity index (χ1) is 10.0. The quantitative estimate of drug-likeness (QED) is 0.704. The third-order valence-corrected chi connectivity index (χ3v) is 4.58. The van der Waals surface area contributed by atoms with Gasteiger partial charge in [0, 0.05) is 26.1 Å². The predicted octanol–water partition coefficient (Wildman–Crippen LogP) is 0.550. The Labute approximate surface area is 124 Å². The summed E-state index contributed by atoms with van der Waals surface area (Å²) < 4.78 is 0. The minimum Gasteiger partial charge on any atom is -0.480 e. The standard InChI is InChI=1S/C14H23N3O4/c1-15-14(21)16-12(18)6-7-17-10-5-3-2-4-9(10)8-11(17)13(19)20/h9-11H,2-8H2,1H3,(H,19,20)(H2,15,16,18,21). The lowest BCUT2D eigenvalue weighted by Crippen LogP contribution is -2.45. The maximum absolute atomic E-state index is 11.7. The minimum atomic E-state index is -0.809. The lowest BCUT2D eigenvalue weighted by Gasteiger charge is -2.32. The van der Waals surface area contributed by atoms with Gasteiger partial charge in [-0.15, -0.1) is 0 Å². The predicted molar refractivity (Wildman–Crippen MR) is 75.7 cm³/mol. The van der Waals surface area contributed by atoms with Gasteiger partial charge in [-0.3, -0.25) is 19.8 Å². The van der Waals surface area contributed by atoms with Gasteiger partial charge in [-0.1, -0.05) is 12.8 Å². The monoisotopic (exact) mass is 297 g/mol. The van der Waals surface area contributed by atoms with Crippen molar-refractivity contribution in [2.45, 2.75) is 50.6 Å². The van der Waals surface area contributed by atoms with Gasteiger partial charge >= 0.3 is 12.0 Å². The second-order valence-corrected chi connectivity index (χ2v) is 5.82. The zero-order valence-electron chi connectivity index (χ0n) is 12.3. The van der Waals surface area contributed by atoms with Crippen molar-refractivity contribution >= 4 is 17.9 Å². The first kappa shape index (κ1) is 15.8. The lowest BCUT2D eigenvalue weighted by molar-refractivity contribution is -0.143. The fourth-order valence-corrected chi connectivity index (χ4v) is 3.60. The summed E-state index contributed by atoms with van der Waals surface area (Å²) in [6.45, 7) is 0.390. The number of nitrogens with zero attached hydrogens (tertiary/aromatic N) is 1. The first-order valence-electron chi connectivity index (χ1n) is 7.53. The molecule has 2 rings (SSSR count). The zero-order chi connectivity index (χ0) is 15.4. The van der Waals surface area contributed by atoms with E-state index in [0.717, 1.165) is 19.3 Å². The van der Waals surface area contributed by atoms with E-state index in [1.165, 1.54) is 13.5 Å². The van der Waals surface area contributed by atoms with Crippen molar-refractivity contribution in [1.29, 1.82) is 0 Å². The number of imide groups is 1. The Balaban J connectivity index is 1.93. The topological polar surface area (TPSA) is 98.7 Å². The average Bonchev–Trinajstić information content (AvgIpc) is 2.84. The van der Waals surface area contributed by atoms with Gasteiger partial charge in [-0.05, 0) is 25.2 Å². The Morgan fingerprint density at radius 3 is 2.62 bits per heavy atom. The third-order valence-electron chi connectivity index (χ3n) is 4.58. The maximum Gasteiger partial charge on any atom is 0.321 e. The van der Waals surface area contributed by atoms with Crippen LogP contribution in [0.2, 0.25) is 0 Å². The van der Waals surface area contributed by atoms with Crippen LogP contribution in [0.1, 0.15) is 38.5 Å². The number of amides is 3. The molecule has 7 heteroatoms. The van der Waals surface area contributed by atoms with Crippen molar-refractivity contribution in [3.05, 3.63) is 0 Å². The number of carbonyl (C=O) groups is 3. The number of urea groups is 1. The van der Waals surface area contributed by atoms with E-state index in [-0.39, 0.29) is 18.4 Å². The van der Waals surface area contributed by atoms with Gasteiger partial charge in [0.05, 0.1) is 0 Å². The molecule has 0 spiro atoms. The molecule has 7 nitrogen and oxygen atoms in total. The summed E-state index contributed by atoms with van der Waals surface area (Å²) in [5, 5.41) is 13.9. The molecule has 1 aliphatic heterocycles. The van der Waals surface area contributed by atoms with E-state index in [1.54, 1.807) is 0 Å². The highest BCUT2D eigenvalue weighted by Gasteiger charge is 2.44. The number of likely N-dealkylation sites (tertiary alicyclic amines) is 1. The Bertz CT molecular complexity index is 426. The molecule has 1 heterocycles. The minimum absolute atomic E-state index is 0.139. The highest BCUT2D eigenvalue weighted by Crippen LogP contribution is 2.39. The van der Waals surface area contributed by atoms with E-state index in [4.69, 9.17) is 0 Å². The van der Waals surface area contributed by atoms with Crippen molar-refractivity contribution < 1.29 is 19.5 Å². The molecule has 3 unspecified atom stereocenters. The molecule has 1 saturated carbocycles. The van der Waals surface area contributed by atoms with Crippen LogP contribution in [0.15, 0.2) is 0 Å². The number of fused-ring (bicyclic) bond motifs is 1. The molecule has 1 aliphatic carbocycles. The molecule has 0 aromatic carbocycles. The van der Waals surface area contributed by atoms with Crippen molar-refractivity contribution in [2.24, 2.45) is 5.92 Å². The molecule has 21 heavy (non-hydrogen) atoms. The summed E-state index contributed by atoms with van der Waals surface area (Å²) in [6.07, 6.45) is 5.19. The molecule has 3 N–H and O–H groups in total. The van der Waals surface area contributed by atoms with Gasteiger partial charge in [0.25, 0.3) is 0 Å². The van der Waals surface area contributed by atoms with Gasteiger partial charge < -0.3 is 10.4 Å². The molecule has 0 aromatic rings. The van der Waals surface area contributed by atoms with E-state index in [0.29, 0.717) is 18.9 Å². The summed E-state index contributed by atoms with van der Waals surface area (Å²) in [5.41, 5.74) is 0. The number of hydrogen-bond acceptors (Lipinski definition) is 4. The normalized spacial score (nSPS) is 28.7. The highest BCUT2D eigenvalue weighted by atomic mass is 16.4. The third kappa shape index (κ3) is 3.72. The average molecular weight is 297 g/mol. The molecule has 0 aromatic heterocycles. The van der Waals surface area contributed by atoms with Gasteiger partial charge in [0.15, 0.2) is 0 Å². The number of hydrogen-bond donors (Lipinski definition) is 3. The molecule has 0 bridgehead atoms. The number of aliphatic carboxylic acids is 1. The molecule has 2 aliphatic rings. The van der Waals surface area contributed by atoms with Crippen LogP contribution in [-0.4, -0.2) is 53.6 Å². The highest BCUT2D eigenvalue weighted by molar-refractivity contribution is 5.94. The SMILES string of the molecule is CNC(=O)NC(=O)CCN1C(C(=O)O)CC2CCCCC21. The van der Waals surface area contributed by atoms with Crippen LogP contribution in [0.4, 0.5) is 4.79 Å². The van der Waals surface area contributed by atoms with E-state index < -0.39 is 18.0 Å². The van der Waals surface area contributed by atoms with Gasteiger partial charge in [-0.25, -0.2) is 4.79 Å². The summed E-state index contributed by atoms with van der Waals surface area (Å²) in [5.74, 6) is -0.754. The zero-order valence-corrected chi connectivity index (χ0v) is 12.3. The fourth-order valence-electron chi connectivity index (χ4n) is 3.60. The molecule has 118 valence electrons. The first-order valence-corrected chi connectivity index (χ1v) is 7.53. The van der Waals surface area contributed by atoms with Crippen LogP contribution in [0.25, 0.3) is 0 Å². The molecule has 2 fully saturated rings. The van der Waals surface area contributed by atoms with Crippen LogP contribution in [-0.2, 0) is 9.59 Å². The maximum atomic E-state index is 11.7. The molecule has 3 amide bonds. The number of carbonyl (C=O) groups excluding carboxylic acids is 2. The Hall–Kier alpha value is -1.63. The molecular weight excluding hydrogens is 274 g/mol. The number of carboxylic acids is 1. The van der Waals surface area contributed by atoms with Crippen molar-refractivity contribution in [3.63, 3.8) is 0 Å². The van der Waals surface area contributed by atoms with E-state index in [2.05, 4.69) is 10.6 Å².